The van der Waals surface area contributed by atoms with Gasteiger partial charge in [0.05, 0.1) is 7.11 Å². The third-order valence-electron chi connectivity index (χ3n) is 4.35. The minimum Gasteiger partial charge on any atom is -0.504 e. The van der Waals surface area contributed by atoms with Gasteiger partial charge in [0.1, 0.15) is 0 Å². The number of phenolic OH excluding ortho intramolecular Hbond substituents is 1. The van der Waals surface area contributed by atoms with Crippen molar-refractivity contribution in [3.8, 4) is 33.8 Å². The molecule has 0 radical (unpaired) electrons. The predicted octanol–water partition coefficient (Wildman–Crippen LogP) is 5.25. The first-order chi connectivity index (χ1) is 12.0. The Morgan fingerprint density at radius 3 is 2.16 bits per heavy atom. The fourth-order valence-corrected chi connectivity index (χ4v) is 2.86. The third kappa shape index (κ3) is 3.41. The molecule has 1 N–H and O–H groups in total. The molecule has 0 aliphatic carbocycles. The summed E-state index contributed by atoms with van der Waals surface area (Å²) in [5.74, 6) is 0.639. The van der Waals surface area contributed by atoms with Crippen LogP contribution in [0.25, 0.3) is 22.3 Å². The molecular formula is C22H20O3. The van der Waals surface area contributed by atoms with Crippen LogP contribution in [-0.4, -0.2) is 18.0 Å². The van der Waals surface area contributed by atoms with Gasteiger partial charge in [0.25, 0.3) is 0 Å². The second kappa shape index (κ2) is 6.81. The minimum atomic E-state index is 0.0623. The maximum atomic E-state index is 11.4. The van der Waals surface area contributed by atoms with E-state index in [1.165, 1.54) is 0 Å². The average molecular weight is 332 g/mol. The summed E-state index contributed by atoms with van der Waals surface area (Å²) in [6.07, 6.45) is 0. The predicted molar refractivity (Wildman–Crippen MR) is 100 cm³/mol. The number of rotatable bonds is 4. The lowest BCUT2D eigenvalue weighted by Gasteiger charge is -2.12. The molecule has 0 spiro atoms. The van der Waals surface area contributed by atoms with Crippen LogP contribution >= 0.6 is 0 Å². The van der Waals surface area contributed by atoms with Crippen molar-refractivity contribution in [2.24, 2.45) is 0 Å². The van der Waals surface area contributed by atoms with E-state index in [9.17, 15) is 9.90 Å². The number of benzene rings is 3. The fraction of sp³-hybridized carbons (Fsp3) is 0.136. The van der Waals surface area contributed by atoms with Crippen LogP contribution in [0.3, 0.4) is 0 Å². The van der Waals surface area contributed by atoms with E-state index in [2.05, 4.69) is 25.1 Å². The Hall–Kier alpha value is -3.07. The second-order valence-corrected chi connectivity index (χ2v) is 6.05. The van der Waals surface area contributed by atoms with E-state index in [0.29, 0.717) is 11.3 Å². The summed E-state index contributed by atoms with van der Waals surface area (Å²) in [6.45, 7) is 3.62. The van der Waals surface area contributed by atoms with E-state index in [1.807, 2.05) is 36.4 Å². The Bertz CT molecular complexity index is 925. The van der Waals surface area contributed by atoms with Crippen molar-refractivity contribution < 1.29 is 14.6 Å². The van der Waals surface area contributed by atoms with E-state index in [-0.39, 0.29) is 11.5 Å². The van der Waals surface area contributed by atoms with Crippen LogP contribution in [-0.2, 0) is 0 Å². The van der Waals surface area contributed by atoms with Gasteiger partial charge in [-0.1, -0.05) is 42.5 Å². The Balaban J connectivity index is 2.05. The highest BCUT2D eigenvalue weighted by Crippen LogP contribution is 2.35. The minimum absolute atomic E-state index is 0.0623. The molecule has 0 aliphatic heterocycles. The van der Waals surface area contributed by atoms with Crippen molar-refractivity contribution in [2.75, 3.05) is 7.11 Å². The Morgan fingerprint density at radius 2 is 1.52 bits per heavy atom. The molecule has 25 heavy (non-hydrogen) atoms. The summed E-state index contributed by atoms with van der Waals surface area (Å²) in [7, 11) is 1.54. The lowest BCUT2D eigenvalue weighted by molar-refractivity contribution is 0.101. The van der Waals surface area contributed by atoms with Crippen LogP contribution in [0.15, 0.2) is 60.7 Å². The van der Waals surface area contributed by atoms with Crippen molar-refractivity contribution in [2.45, 2.75) is 13.8 Å². The number of aryl methyl sites for hydroxylation is 1. The Labute approximate surface area is 147 Å². The van der Waals surface area contributed by atoms with Crippen LogP contribution in [0.2, 0.25) is 0 Å². The van der Waals surface area contributed by atoms with E-state index in [4.69, 9.17) is 4.74 Å². The van der Waals surface area contributed by atoms with Gasteiger partial charge in [-0.25, -0.2) is 0 Å². The number of hydrogen-bond acceptors (Lipinski definition) is 3. The topological polar surface area (TPSA) is 46.5 Å². The number of Topliss-reactive ketones (excluding diaryl/α,β-unsaturated/α-hetero) is 1. The van der Waals surface area contributed by atoms with Crippen molar-refractivity contribution in [3.63, 3.8) is 0 Å². The maximum Gasteiger partial charge on any atom is 0.161 e. The molecule has 3 aromatic rings. The van der Waals surface area contributed by atoms with Gasteiger partial charge < -0.3 is 9.84 Å². The molecule has 0 fully saturated rings. The molecule has 0 aromatic heterocycles. The average Bonchev–Trinajstić information content (AvgIpc) is 2.63. The van der Waals surface area contributed by atoms with E-state index in [0.717, 1.165) is 27.8 Å². The molecule has 0 saturated carbocycles. The number of ether oxygens (including phenoxy) is 1. The van der Waals surface area contributed by atoms with Gasteiger partial charge in [0.15, 0.2) is 17.3 Å². The smallest absolute Gasteiger partial charge is 0.161 e. The Morgan fingerprint density at radius 1 is 0.880 bits per heavy atom. The van der Waals surface area contributed by atoms with Crippen molar-refractivity contribution in [1.29, 1.82) is 0 Å². The molecule has 3 nitrogen and oxygen atoms in total. The lowest BCUT2D eigenvalue weighted by atomic mass is 9.94. The van der Waals surface area contributed by atoms with Crippen LogP contribution in [0, 0.1) is 6.92 Å². The largest absolute Gasteiger partial charge is 0.504 e. The first-order valence-corrected chi connectivity index (χ1v) is 8.09. The number of carbonyl (C=O) groups excluding carboxylic acids is 1. The summed E-state index contributed by atoms with van der Waals surface area (Å²) < 4.78 is 5.22. The summed E-state index contributed by atoms with van der Waals surface area (Å²) in [5, 5.41) is 9.80. The zero-order chi connectivity index (χ0) is 18.0. The van der Waals surface area contributed by atoms with Crippen LogP contribution in [0.1, 0.15) is 22.8 Å². The molecule has 3 heteroatoms. The third-order valence-corrected chi connectivity index (χ3v) is 4.35. The number of ketones is 1. The van der Waals surface area contributed by atoms with E-state index in [1.54, 1.807) is 20.1 Å². The van der Waals surface area contributed by atoms with Gasteiger partial charge in [-0.3, -0.25) is 4.79 Å². The summed E-state index contributed by atoms with van der Waals surface area (Å²) in [5.41, 5.74) is 6.02. The molecular weight excluding hydrogens is 312 g/mol. The van der Waals surface area contributed by atoms with Crippen LogP contribution < -0.4 is 4.74 Å². The van der Waals surface area contributed by atoms with Crippen molar-refractivity contribution >= 4 is 5.78 Å². The van der Waals surface area contributed by atoms with Crippen molar-refractivity contribution in [3.05, 3.63) is 71.8 Å². The van der Waals surface area contributed by atoms with Gasteiger partial charge in [0, 0.05) is 5.56 Å². The van der Waals surface area contributed by atoms with Gasteiger partial charge >= 0.3 is 0 Å². The standard InChI is InChI=1S/C22H20O3/c1-14-4-5-18(17-8-6-16(7-9-17)15(2)23)12-20(14)19-10-11-21(24)22(13-19)25-3/h4-13,24H,1-3H3. The highest BCUT2D eigenvalue weighted by Gasteiger charge is 2.09. The van der Waals surface area contributed by atoms with Gasteiger partial charge in [-0.2, -0.15) is 0 Å². The fourth-order valence-electron chi connectivity index (χ4n) is 2.86. The number of carbonyl (C=O) groups is 1. The van der Waals surface area contributed by atoms with Crippen LogP contribution in [0.5, 0.6) is 11.5 Å². The van der Waals surface area contributed by atoms with E-state index >= 15 is 0 Å². The van der Waals surface area contributed by atoms with Gasteiger partial charge in [-0.15, -0.1) is 0 Å². The SMILES string of the molecule is COc1cc(-c2cc(-c3ccc(C(C)=O)cc3)ccc2C)ccc1O. The lowest BCUT2D eigenvalue weighted by Crippen LogP contribution is -1.91. The number of aromatic hydroxyl groups is 1. The summed E-state index contributed by atoms with van der Waals surface area (Å²) >= 11 is 0. The Kier molecular flexibility index (Phi) is 4.57. The molecule has 3 aromatic carbocycles. The highest BCUT2D eigenvalue weighted by atomic mass is 16.5. The normalized spacial score (nSPS) is 10.5. The molecule has 0 unspecified atom stereocenters. The second-order valence-electron chi connectivity index (χ2n) is 6.05. The first kappa shape index (κ1) is 16.8. The molecule has 126 valence electrons. The van der Waals surface area contributed by atoms with E-state index < -0.39 is 0 Å². The molecule has 3 rings (SSSR count). The monoisotopic (exact) mass is 332 g/mol. The number of hydrogen-bond donors (Lipinski definition) is 1. The molecule has 0 aliphatic rings. The molecule has 0 heterocycles. The molecule has 0 amide bonds. The van der Waals surface area contributed by atoms with Gasteiger partial charge in [0.2, 0.25) is 0 Å². The molecule has 0 bridgehead atoms. The number of methoxy groups -OCH3 is 1. The molecule has 0 saturated heterocycles. The first-order valence-electron chi connectivity index (χ1n) is 8.09. The van der Waals surface area contributed by atoms with Gasteiger partial charge in [-0.05, 0) is 59.9 Å². The van der Waals surface area contributed by atoms with Crippen LogP contribution in [0.4, 0.5) is 0 Å². The maximum absolute atomic E-state index is 11.4. The summed E-state index contributed by atoms with van der Waals surface area (Å²) in [4.78, 5) is 11.4. The quantitative estimate of drug-likeness (QED) is 0.664. The number of phenols is 1. The molecule has 0 atom stereocenters. The zero-order valence-electron chi connectivity index (χ0n) is 14.5. The zero-order valence-corrected chi connectivity index (χ0v) is 14.5. The van der Waals surface area contributed by atoms with Crippen molar-refractivity contribution in [1.82, 2.24) is 0 Å². The summed E-state index contributed by atoms with van der Waals surface area (Å²) in [6, 6.07) is 19.2. The highest BCUT2D eigenvalue weighted by molar-refractivity contribution is 5.94.